The Bertz CT molecular complexity index is 925. The lowest BCUT2D eigenvalue weighted by Gasteiger charge is -2.24. The molecule has 0 aliphatic rings. The van der Waals surface area contributed by atoms with Crippen molar-refractivity contribution in [3.8, 4) is 0 Å². The van der Waals surface area contributed by atoms with Crippen LogP contribution in [-0.4, -0.2) is 28.2 Å². The standard InChI is InChI=1S/C18H15FN2O3/c1-18(23,16-14(19)4-3-8-21-16)11-5-6-15-13(10-11)12(7-9-20-15)17(22)24-2/h3-10,23H,1-2H3/t18-/m1/s1. The van der Waals surface area contributed by atoms with Crippen LogP contribution in [0.5, 0.6) is 0 Å². The molecule has 24 heavy (non-hydrogen) atoms. The number of hydrogen-bond acceptors (Lipinski definition) is 5. The summed E-state index contributed by atoms with van der Waals surface area (Å²) in [7, 11) is 1.29. The number of benzene rings is 1. The fraction of sp³-hybridized carbons (Fsp3) is 0.167. The third-order valence-corrected chi connectivity index (χ3v) is 3.93. The number of ether oxygens (including phenoxy) is 1. The van der Waals surface area contributed by atoms with Crippen molar-refractivity contribution in [3.05, 3.63) is 71.4 Å². The van der Waals surface area contributed by atoms with Crippen LogP contribution < -0.4 is 0 Å². The van der Waals surface area contributed by atoms with Gasteiger partial charge in [-0.3, -0.25) is 9.97 Å². The molecule has 0 fully saturated rings. The van der Waals surface area contributed by atoms with E-state index < -0.39 is 17.4 Å². The fourth-order valence-electron chi connectivity index (χ4n) is 2.62. The quantitative estimate of drug-likeness (QED) is 0.749. The molecule has 1 atom stereocenters. The lowest BCUT2D eigenvalue weighted by atomic mass is 9.90. The predicted molar refractivity (Wildman–Crippen MR) is 86.0 cm³/mol. The number of esters is 1. The maximum atomic E-state index is 14.0. The summed E-state index contributed by atoms with van der Waals surface area (Å²) in [4.78, 5) is 20.1. The smallest absolute Gasteiger partial charge is 0.338 e. The second-order valence-electron chi connectivity index (χ2n) is 5.49. The number of nitrogens with zero attached hydrogens (tertiary/aromatic N) is 2. The molecule has 3 aromatic rings. The van der Waals surface area contributed by atoms with Crippen LogP contribution in [0.2, 0.25) is 0 Å². The van der Waals surface area contributed by atoms with E-state index in [1.165, 1.54) is 44.6 Å². The minimum absolute atomic E-state index is 0.0899. The summed E-state index contributed by atoms with van der Waals surface area (Å²) in [5, 5.41) is 11.4. The van der Waals surface area contributed by atoms with E-state index in [2.05, 4.69) is 9.97 Å². The van der Waals surface area contributed by atoms with Gasteiger partial charge in [0, 0.05) is 17.8 Å². The van der Waals surface area contributed by atoms with Crippen molar-refractivity contribution in [2.45, 2.75) is 12.5 Å². The number of aliphatic hydroxyl groups is 1. The number of pyridine rings is 2. The number of rotatable bonds is 3. The molecule has 0 aliphatic heterocycles. The van der Waals surface area contributed by atoms with Crippen molar-refractivity contribution < 1.29 is 19.0 Å². The highest BCUT2D eigenvalue weighted by Crippen LogP contribution is 2.32. The molecule has 0 spiro atoms. The SMILES string of the molecule is COC(=O)c1ccnc2ccc([C@@](C)(O)c3ncccc3F)cc12. The molecule has 3 rings (SSSR count). The van der Waals surface area contributed by atoms with Crippen LogP contribution in [0.4, 0.5) is 4.39 Å². The Hall–Kier alpha value is -2.86. The van der Waals surface area contributed by atoms with Gasteiger partial charge in [0.15, 0.2) is 0 Å². The first-order valence-electron chi connectivity index (χ1n) is 7.26. The van der Waals surface area contributed by atoms with Crippen molar-refractivity contribution in [2.24, 2.45) is 0 Å². The van der Waals surface area contributed by atoms with Gasteiger partial charge >= 0.3 is 5.97 Å². The lowest BCUT2D eigenvalue weighted by Crippen LogP contribution is -2.25. The molecular formula is C18H15FN2O3. The molecule has 0 aliphatic carbocycles. The van der Waals surface area contributed by atoms with Gasteiger partial charge in [0.1, 0.15) is 17.1 Å². The molecule has 0 amide bonds. The van der Waals surface area contributed by atoms with E-state index in [4.69, 9.17) is 4.74 Å². The summed E-state index contributed by atoms with van der Waals surface area (Å²) in [5.74, 6) is -1.12. The highest BCUT2D eigenvalue weighted by molar-refractivity contribution is 6.03. The van der Waals surface area contributed by atoms with E-state index in [1.807, 2.05) is 0 Å². The normalized spacial score (nSPS) is 13.5. The molecule has 2 heterocycles. The summed E-state index contributed by atoms with van der Waals surface area (Å²) in [6.07, 6.45) is 2.92. The van der Waals surface area contributed by atoms with Crippen LogP contribution in [-0.2, 0) is 10.3 Å². The van der Waals surface area contributed by atoms with Gasteiger partial charge in [0.2, 0.25) is 0 Å². The van der Waals surface area contributed by atoms with Crippen molar-refractivity contribution >= 4 is 16.9 Å². The summed E-state index contributed by atoms with van der Waals surface area (Å²) in [6.45, 7) is 1.45. The van der Waals surface area contributed by atoms with Gasteiger partial charge in [-0.2, -0.15) is 0 Å². The summed E-state index contributed by atoms with van der Waals surface area (Å²) in [6, 6.07) is 9.11. The largest absolute Gasteiger partial charge is 0.465 e. The average molecular weight is 326 g/mol. The highest BCUT2D eigenvalue weighted by Gasteiger charge is 2.31. The third kappa shape index (κ3) is 2.61. The zero-order chi connectivity index (χ0) is 17.3. The number of methoxy groups -OCH3 is 1. The molecular weight excluding hydrogens is 311 g/mol. The van der Waals surface area contributed by atoms with Crippen LogP contribution >= 0.6 is 0 Å². The summed E-state index contributed by atoms with van der Waals surface area (Å²) < 4.78 is 18.8. The van der Waals surface area contributed by atoms with E-state index in [1.54, 1.807) is 18.2 Å². The zero-order valence-electron chi connectivity index (χ0n) is 13.2. The van der Waals surface area contributed by atoms with Gasteiger partial charge < -0.3 is 9.84 Å². The number of carbonyl (C=O) groups is 1. The van der Waals surface area contributed by atoms with Crippen molar-refractivity contribution in [2.75, 3.05) is 7.11 Å². The first kappa shape index (κ1) is 16.0. The molecule has 0 radical (unpaired) electrons. The summed E-state index contributed by atoms with van der Waals surface area (Å²) >= 11 is 0. The number of halogens is 1. The molecule has 0 unspecified atom stereocenters. The molecule has 5 nitrogen and oxygen atoms in total. The Kier molecular flexibility index (Phi) is 3.99. The van der Waals surface area contributed by atoms with E-state index >= 15 is 0 Å². The number of aromatic nitrogens is 2. The number of fused-ring (bicyclic) bond motifs is 1. The van der Waals surface area contributed by atoms with Crippen LogP contribution in [0.1, 0.15) is 28.5 Å². The first-order chi connectivity index (χ1) is 11.4. The van der Waals surface area contributed by atoms with Gasteiger partial charge in [0.05, 0.1) is 18.2 Å². The summed E-state index contributed by atoms with van der Waals surface area (Å²) in [5.41, 5.74) is -0.470. The Morgan fingerprint density at radius 1 is 1.21 bits per heavy atom. The molecule has 0 bridgehead atoms. The first-order valence-corrected chi connectivity index (χ1v) is 7.26. The molecule has 0 saturated heterocycles. The van der Waals surface area contributed by atoms with Gasteiger partial charge in [-0.15, -0.1) is 0 Å². The van der Waals surface area contributed by atoms with Gasteiger partial charge in [0.25, 0.3) is 0 Å². The second-order valence-corrected chi connectivity index (χ2v) is 5.49. The molecule has 2 aromatic heterocycles. The second kappa shape index (κ2) is 5.98. The zero-order valence-corrected chi connectivity index (χ0v) is 13.2. The Balaban J connectivity index is 2.20. The lowest BCUT2D eigenvalue weighted by molar-refractivity contribution is 0.0602. The number of carbonyl (C=O) groups excluding carboxylic acids is 1. The van der Waals surface area contributed by atoms with Gasteiger partial charge in [-0.05, 0) is 42.8 Å². The maximum absolute atomic E-state index is 14.0. The average Bonchev–Trinajstić information content (AvgIpc) is 2.60. The molecule has 122 valence electrons. The van der Waals surface area contributed by atoms with E-state index in [0.29, 0.717) is 22.0 Å². The fourth-order valence-corrected chi connectivity index (χ4v) is 2.62. The highest BCUT2D eigenvalue weighted by atomic mass is 19.1. The molecule has 0 saturated carbocycles. The van der Waals surface area contributed by atoms with Crippen LogP contribution in [0, 0.1) is 5.82 Å². The minimum Gasteiger partial charge on any atom is -0.465 e. The van der Waals surface area contributed by atoms with Crippen molar-refractivity contribution in [3.63, 3.8) is 0 Å². The monoisotopic (exact) mass is 326 g/mol. The van der Waals surface area contributed by atoms with E-state index in [9.17, 15) is 14.3 Å². The van der Waals surface area contributed by atoms with Crippen molar-refractivity contribution in [1.29, 1.82) is 0 Å². The Morgan fingerprint density at radius 2 is 2.00 bits per heavy atom. The van der Waals surface area contributed by atoms with Gasteiger partial charge in [-0.1, -0.05) is 6.07 Å². The van der Waals surface area contributed by atoms with Crippen LogP contribution in [0.25, 0.3) is 10.9 Å². The van der Waals surface area contributed by atoms with Gasteiger partial charge in [-0.25, -0.2) is 9.18 Å². The van der Waals surface area contributed by atoms with Crippen LogP contribution in [0.15, 0.2) is 48.8 Å². The molecule has 1 N–H and O–H groups in total. The predicted octanol–water partition coefficient (Wildman–Crippen LogP) is 2.81. The minimum atomic E-state index is -1.66. The topological polar surface area (TPSA) is 72.3 Å². The van der Waals surface area contributed by atoms with Crippen LogP contribution in [0.3, 0.4) is 0 Å². The van der Waals surface area contributed by atoms with Crippen molar-refractivity contribution in [1.82, 2.24) is 9.97 Å². The molecule has 1 aromatic carbocycles. The number of hydrogen-bond donors (Lipinski definition) is 1. The Labute approximate surface area is 137 Å². The third-order valence-electron chi connectivity index (χ3n) is 3.93. The van der Waals surface area contributed by atoms with E-state index in [-0.39, 0.29) is 5.69 Å². The van der Waals surface area contributed by atoms with E-state index in [0.717, 1.165) is 0 Å². The Morgan fingerprint density at radius 3 is 2.71 bits per heavy atom. The maximum Gasteiger partial charge on any atom is 0.338 e. The molecule has 6 heteroatoms.